The molecule has 4 heteroatoms. The first-order valence-electron chi connectivity index (χ1n) is 1.63. The van der Waals surface area contributed by atoms with Crippen LogP contribution in [0.3, 0.4) is 0 Å². The summed E-state index contributed by atoms with van der Waals surface area (Å²) < 4.78 is 4.17. The molecule has 0 aliphatic heterocycles. The van der Waals surface area contributed by atoms with E-state index in [-0.39, 0.29) is 0 Å². The van der Waals surface area contributed by atoms with Gasteiger partial charge in [-0.15, -0.1) is 0 Å². The molecule has 0 rings (SSSR count). The molecule has 0 fully saturated rings. The van der Waals surface area contributed by atoms with Gasteiger partial charge < -0.3 is 4.52 Å². The lowest BCUT2D eigenvalue weighted by molar-refractivity contribution is -0.248. The fourth-order valence-electron chi connectivity index (χ4n) is 0. The highest BCUT2D eigenvalue weighted by Crippen LogP contribution is 1.68. The summed E-state index contributed by atoms with van der Waals surface area (Å²) in [5.74, 6) is 0. The molecule has 0 aromatic rings. The Bertz CT molecular complexity index is 17.7. The topological polar surface area (TPSA) is 27.7 Å². The predicted octanol–water partition coefficient (Wildman–Crippen LogP) is 0.617. The molecule has 0 heterocycles. The molecule has 0 saturated heterocycles. The van der Waals surface area contributed by atoms with Crippen molar-refractivity contribution >= 4 is 9.47 Å². The molecular formula is C3H11O3P. The Morgan fingerprint density at radius 3 is 1.14 bits per heavy atom. The Hall–Kier alpha value is 0.310. The van der Waals surface area contributed by atoms with Gasteiger partial charge in [-0.1, -0.05) is 0 Å². The highest BCUT2D eigenvalue weighted by molar-refractivity contribution is 7.09. The van der Waals surface area contributed by atoms with E-state index in [1.807, 2.05) is 0 Å². The van der Waals surface area contributed by atoms with Gasteiger partial charge >= 0.3 is 0 Å². The van der Waals surface area contributed by atoms with Crippen LogP contribution in [-0.2, 0) is 14.3 Å². The second-order valence-corrected chi connectivity index (χ2v) is 1.04. The van der Waals surface area contributed by atoms with E-state index in [0.29, 0.717) is 0 Å². The summed E-state index contributed by atoms with van der Waals surface area (Å²) in [5.41, 5.74) is 0. The van der Waals surface area contributed by atoms with Crippen molar-refractivity contribution in [2.75, 3.05) is 21.3 Å². The molecule has 46 valence electrons. The number of hydrogen-bond donors (Lipinski definition) is 0. The van der Waals surface area contributed by atoms with E-state index in [2.05, 4.69) is 23.8 Å². The lowest BCUT2D eigenvalue weighted by atomic mass is 11.7. The van der Waals surface area contributed by atoms with E-state index in [1.165, 1.54) is 14.2 Å². The summed E-state index contributed by atoms with van der Waals surface area (Å²) in [4.78, 5) is 8.08. The Morgan fingerprint density at radius 1 is 1.00 bits per heavy atom. The molecule has 0 N–H and O–H groups in total. The third-order valence-corrected chi connectivity index (χ3v) is 0.167. The van der Waals surface area contributed by atoms with Gasteiger partial charge in [0.2, 0.25) is 0 Å². The highest BCUT2D eigenvalue weighted by Gasteiger charge is 1.47. The quantitative estimate of drug-likeness (QED) is 0.293. The summed E-state index contributed by atoms with van der Waals surface area (Å²) >= 11 is 0. The molecule has 1 unspecified atom stereocenters. The molecule has 7 heavy (non-hydrogen) atoms. The van der Waals surface area contributed by atoms with Crippen molar-refractivity contribution in [3.63, 3.8) is 0 Å². The van der Waals surface area contributed by atoms with Crippen LogP contribution in [0.1, 0.15) is 0 Å². The van der Waals surface area contributed by atoms with Crippen LogP contribution in [0.15, 0.2) is 0 Å². The zero-order valence-corrected chi connectivity index (χ0v) is 5.96. The van der Waals surface area contributed by atoms with E-state index < -0.39 is 0 Å². The molecule has 0 saturated carbocycles. The van der Waals surface area contributed by atoms with E-state index in [9.17, 15) is 0 Å². The molecule has 0 aromatic carbocycles. The third kappa shape index (κ3) is 68.3. The van der Waals surface area contributed by atoms with Gasteiger partial charge in [0.05, 0.1) is 14.2 Å². The van der Waals surface area contributed by atoms with Crippen molar-refractivity contribution in [3.8, 4) is 0 Å². The predicted molar refractivity (Wildman–Crippen MR) is 30.7 cm³/mol. The monoisotopic (exact) mass is 126 g/mol. The van der Waals surface area contributed by atoms with Crippen LogP contribution in [0.25, 0.3) is 0 Å². The summed E-state index contributed by atoms with van der Waals surface area (Å²) in [6, 6.07) is 0. The molecule has 0 radical (unpaired) electrons. The zero-order valence-electron chi connectivity index (χ0n) is 4.80. The Labute approximate surface area is 46.2 Å². The average Bonchev–Trinajstić information content (AvgIpc) is 1.69. The minimum absolute atomic E-state index is 1.46. The van der Waals surface area contributed by atoms with Gasteiger partial charge in [0, 0.05) is 7.11 Å². The minimum atomic E-state index is 1.46. The second-order valence-electron chi connectivity index (χ2n) is 0.569. The summed E-state index contributed by atoms with van der Waals surface area (Å²) in [5, 5.41) is 0. The van der Waals surface area contributed by atoms with Gasteiger partial charge in [-0.3, -0.25) is 0 Å². The standard InChI is InChI=1S/C2H6O2.CH5OP/c1-3-4-2;1-2-3/h1-2H3;3H2,1H3. The Kier molecular flexibility index (Phi) is 23.9. The van der Waals surface area contributed by atoms with Crippen molar-refractivity contribution < 1.29 is 14.3 Å². The lowest BCUT2D eigenvalue weighted by Gasteiger charge is -1.78. The fraction of sp³-hybridized carbons (Fsp3) is 1.00. The fourth-order valence-corrected chi connectivity index (χ4v) is 0. The SMILES string of the molecule is COOC.COP. The zero-order chi connectivity index (χ0) is 6.12. The van der Waals surface area contributed by atoms with Gasteiger partial charge in [0.25, 0.3) is 0 Å². The summed E-state index contributed by atoms with van der Waals surface area (Å²) in [6.45, 7) is 0. The second kappa shape index (κ2) is 16.2. The minimum Gasteiger partial charge on any atom is -0.369 e. The lowest BCUT2D eigenvalue weighted by Crippen LogP contribution is -1.72. The normalized spacial score (nSPS) is 6.86. The maximum absolute atomic E-state index is 4.17. The molecule has 1 atom stereocenters. The Morgan fingerprint density at radius 2 is 1.14 bits per heavy atom. The maximum atomic E-state index is 4.17. The van der Waals surface area contributed by atoms with E-state index in [1.54, 1.807) is 7.11 Å². The number of hydrogen-bond acceptors (Lipinski definition) is 3. The largest absolute Gasteiger partial charge is 0.369 e. The van der Waals surface area contributed by atoms with Gasteiger partial charge in [0.1, 0.15) is 0 Å². The highest BCUT2D eigenvalue weighted by atomic mass is 31.0. The van der Waals surface area contributed by atoms with Crippen LogP contribution in [0.4, 0.5) is 0 Å². The van der Waals surface area contributed by atoms with Gasteiger partial charge in [0.15, 0.2) is 0 Å². The van der Waals surface area contributed by atoms with Gasteiger partial charge in [-0.2, -0.15) is 0 Å². The van der Waals surface area contributed by atoms with Crippen molar-refractivity contribution in [2.24, 2.45) is 0 Å². The van der Waals surface area contributed by atoms with Crippen LogP contribution in [-0.4, -0.2) is 21.3 Å². The van der Waals surface area contributed by atoms with Crippen LogP contribution in [0, 0.1) is 0 Å². The molecule has 0 spiro atoms. The van der Waals surface area contributed by atoms with Crippen LogP contribution >= 0.6 is 9.47 Å². The molecule has 0 aliphatic rings. The maximum Gasteiger partial charge on any atom is 0.0712 e. The molecular weight excluding hydrogens is 115 g/mol. The first-order valence-corrected chi connectivity index (χ1v) is 2.10. The van der Waals surface area contributed by atoms with Crippen molar-refractivity contribution in [1.29, 1.82) is 0 Å². The van der Waals surface area contributed by atoms with Crippen LogP contribution in [0.2, 0.25) is 0 Å². The van der Waals surface area contributed by atoms with Crippen LogP contribution < -0.4 is 0 Å². The van der Waals surface area contributed by atoms with Gasteiger partial charge in [-0.05, 0) is 9.47 Å². The van der Waals surface area contributed by atoms with E-state index in [4.69, 9.17) is 0 Å². The van der Waals surface area contributed by atoms with E-state index >= 15 is 0 Å². The molecule has 0 bridgehead atoms. The van der Waals surface area contributed by atoms with Crippen molar-refractivity contribution in [3.05, 3.63) is 0 Å². The Balaban J connectivity index is 0. The first-order chi connectivity index (χ1) is 3.33. The summed E-state index contributed by atoms with van der Waals surface area (Å²) in [6.07, 6.45) is 0. The first kappa shape index (κ1) is 10.3. The summed E-state index contributed by atoms with van der Waals surface area (Å²) in [7, 11) is 6.58. The molecule has 0 aliphatic carbocycles. The smallest absolute Gasteiger partial charge is 0.0712 e. The molecule has 3 nitrogen and oxygen atoms in total. The number of rotatable bonds is 1. The molecule has 0 amide bonds. The third-order valence-electron chi connectivity index (χ3n) is 0.167. The van der Waals surface area contributed by atoms with Crippen LogP contribution in [0.5, 0.6) is 0 Å². The van der Waals surface area contributed by atoms with Gasteiger partial charge in [-0.25, -0.2) is 9.78 Å². The van der Waals surface area contributed by atoms with Crippen molar-refractivity contribution in [2.45, 2.75) is 0 Å². The average molecular weight is 126 g/mol. The van der Waals surface area contributed by atoms with Crippen molar-refractivity contribution in [1.82, 2.24) is 0 Å². The molecule has 0 aromatic heterocycles. The van der Waals surface area contributed by atoms with E-state index in [0.717, 1.165) is 0 Å².